The van der Waals surface area contributed by atoms with Crippen molar-refractivity contribution in [3.05, 3.63) is 35.9 Å². The van der Waals surface area contributed by atoms with Crippen molar-refractivity contribution in [1.29, 1.82) is 0 Å². The Kier molecular flexibility index (Phi) is 6.58. The van der Waals surface area contributed by atoms with Gasteiger partial charge in [0.25, 0.3) is 0 Å². The van der Waals surface area contributed by atoms with Gasteiger partial charge < -0.3 is 10.4 Å². The van der Waals surface area contributed by atoms with Crippen LogP contribution in [0.1, 0.15) is 26.3 Å². The lowest BCUT2D eigenvalue weighted by molar-refractivity contribution is -0.143. The zero-order chi connectivity index (χ0) is 15.1. The van der Waals surface area contributed by atoms with Gasteiger partial charge in [0, 0.05) is 5.75 Å². The maximum absolute atomic E-state index is 12.0. The summed E-state index contributed by atoms with van der Waals surface area (Å²) in [6.45, 7) is 5.35. The molecule has 1 amide bonds. The molecule has 0 radical (unpaired) electrons. The Balaban J connectivity index is 2.48. The van der Waals surface area contributed by atoms with E-state index in [2.05, 4.69) is 5.32 Å². The van der Waals surface area contributed by atoms with Crippen molar-refractivity contribution in [3.8, 4) is 0 Å². The maximum Gasteiger partial charge on any atom is 0.326 e. The van der Waals surface area contributed by atoms with E-state index in [1.807, 2.05) is 30.3 Å². The molecule has 1 rings (SSSR count). The fourth-order valence-electron chi connectivity index (χ4n) is 1.66. The Morgan fingerprint density at radius 3 is 2.30 bits per heavy atom. The molecule has 110 valence electrons. The van der Waals surface area contributed by atoms with Crippen LogP contribution in [0.3, 0.4) is 0 Å². The van der Waals surface area contributed by atoms with Crippen molar-refractivity contribution < 1.29 is 14.7 Å². The third-order valence-electron chi connectivity index (χ3n) is 2.94. The molecule has 1 unspecified atom stereocenters. The third-order valence-corrected chi connectivity index (χ3v) is 4.16. The van der Waals surface area contributed by atoms with Crippen LogP contribution in [0.4, 0.5) is 0 Å². The monoisotopic (exact) mass is 295 g/mol. The standard InChI is InChI=1S/C15H21NO3S/c1-10(2)13(15(18)19)16-14(17)11(3)20-9-12-7-5-4-6-8-12/h4-8,10-11,13H,9H2,1-3H3,(H,16,17)(H,18,19)/t11?,13-/m1/s1. The molecule has 2 atom stereocenters. The summed E-state index contributed by atoms with van der Waals surface area (Å²) in [5.41, 5.74) is 1.15. The molecule has 5 heteroatoms. The first-order chi connectivity index (χ1) is 9.41. The summed E-state index contributed by atoms with van der Waals surface area (Å²) in [5, 5.41) is 11.4. The van der Waals surface area contributed by atoms with Crippen molar-refractivity contribution >= 4 is 23.6 Å². The fourth-order valence-corrected chi connectivity index (χ4v) is 2.51. The smallest absolute Gasteiger partial charge is 0.326 e. The van der Waals surface area contributed by atoms with Gasteiger partial charge in [-0.1, -0.05) is 44.2 Å². The van der Waals surface area contributed by atoms with Gasteiger partial charge in [-0.15, -0.1) is 11.8 Å². The van der Waals surface area contributed by atoms with Gasteiger partial charge in [0.15, 0.2) is 0 Å². The average molecular weight is 295 g/mol. The second-order valence-corrected chi connectivity index (χ2v) is 6.34. The Morgan fingerprint density at radius 1 is 1.20 bits per heavy atom. The molecule has 0 aliphatic rings. The van der Waals surface area contributed by atoms with Crippen LogP contribution in [-0.2, 0) is 15.3 Å². The first-order valence-corrected chi connectivity index (χ1v) is 7.65. The summed E-state index contributed by atoms with van der Waals surface area (Å²) in [4.78, 5) is 23.0. The van der Waals surface area contributed by atoms with E-state index in [0.29, 0.717) is 0 Å². The molecule has 20 heavy (non-hydrogen) atoms. The summed E-state index contributed by atoms with van der Waals surface area (Å²) in [6.07, 6.45) is 0. The minimum atomic E-state index is -0.992. The number of carboxylic acids is 1. The molecule has 0 saturated carbocycles. The molecule has 1 aromatic rings. The van der Waals surface area contributed by atoms with Crippen molar-refractivity contribution in [2.75, 3.05) is 0 Å². The Labute approximate surface area is 124 Å². The molecule has 1 aromatic carbocycles. The van der Waals surface area contributed by atoms with Gasteiger partial charge in [-0.05, 0) is 18.4 Å². The van der Waals surface area contributed by atoms with Gasteiger partial charge in [0.1, 0.15) is 6.04 Å². The van der Waals surface area contributed by atoms with Crippen molar-refractivity contribution in [3.63, 3.8) is 0 Å². The molecular weight excluding hydrogens is 274 g/mol. The van der Waals surface area contributed by atoms with E-state index in [1.165, 1.54) is 11.8 Å². The van der Waals surface area contributed by atoms with Crippen molar-refractivity contribution in [1.82, 2.24) is 5.32 Å². The SMILES string of the molecule is CC(SCc1ccccc1)C(=O)N[C@@H](C(=O)O)C(C)C. The molecule has 0 aromatic heterocycles. The van der Waals surface area contributed by atoms with Gasteiger partial charge >= 0.3 is 5.97 Å². The van der Waals surface area contributed by atoms with Crippen molar-refractivity contribution in [2.24, 2.45) is 5.92 Å². The lowest BCUT2D eigenvalue weighted by Crippen LogP contribution is -2.47. The third kappa shape index (κ3) is 5.25. The summed E-state index contributed by atoms with van der Waals surface area (Å²) in [7, 11) is 0. The number of rotatable bonds is 7. The molecule has 0 saturated heterocycles. The second-order valence-electron chi connectivity index (χ2n) is 5.01. The number of carbonyl (C=O) groups is 2. The molecule has 0 aliphatic carbocycles. The van der Waals surface area contributed by atoms with E-state index in [4.69, 9.17) is 5.11 Å². The highest BCUT2D eigenvalue weighted by molar-refractivity contribution is 7.99. The number of aliphatic carboxylic acids is 1. The highest BCUT2D eigenvalue weighted by Gasteiger charge is 2.25. The van der Waals surface area contributed by atoms with E-state index in [9.17, 15) is 9.59 Å². The minimum Gasteiger partial charge on any atom is -0.480 e. The normalized spacial score (nSPS) is 13.8. The quantitative estimate of drug-likeness (QED) is 0.811. The summed E-state index contributed by atoms with van der Waals surface area (Å²) < 4.78 is 0. The van der Waals surface area contributed by atoms with Crippen molar-refractivity contribution in [2.45, 2.75) is 37.8 Å². The van der Waals surface area contributed by atoms with Gasteiger partial charge in [-0.2, -0.15) is 0 Å². The molecule has 4 nitrogen and oxygen atoms in total. The van der Waals surface area contributed by atoms with E-state index in [0.717, 1.165) is 11.3 Å². The van der Waals surface area contributed by atoms with Crippen LogP contribution in [0.25, 0.3) is 0 Å². The molecule has 0 heterocycles. The topological polar surface area (TPSA) is 66.4 Å². The van der Waals surface area contributed by atoms with Gasteiger partial charge in [-0.3, -0.25) is 4.79 Å². The highest BCUT2D eigenvalue weighted by atomic mass is 32.2. The largest absolute Gasteiger partial charge is 0.480 e. The maximum atomic E-state index is 12.0. The number of hydrogen-bond donors (Lipinski definition) is 2. The number of nitrogens with one attached hydrogen (secondary N) is 1. The van der Waals surface area contributed by atoms with Crippen LogP contribution in [0.2, 0.25) is 0 Å². The van der Waals surface area contributed by atoms with E-state index < -0.39 is 12.0 Å². The summed E-state index contributed by atoms with van der Waals surface area (Å²) in [6, 6.07) is 9.05. The Morgan fingerprint density at radius 2 is 1.80 bits per heavy atom. The van der Waals surface area contributed by atoms with Gasteiger partial charge in [-0.25, -0.2) is 4.79 Å². The van der Waals surface area contributed by atoms with Crippen LogP contribution in [0.15, 0.2) is 30.3 Å². The number of amides is 1. The zero-order valence-electron chi connectivity index (χ0n) is 12.0. The molecule has 0 aliphatic heterocycles. The second kappa shape index (κ2) is 7.94. The first-order valence-electron chi connectivity index (χ1n) is 6.60. The lowest BCUT2D eigenvalue weighted by atomic mass is 10.0. The summed E-state index contributed by atoms with van der Waals surface area (Å²) in [5.74, 6) is -0.627. The van der Waals surface area contributed by atoms with Gasteiger partial charge in [0.2, 0.25) is 5.91 Å². The number of carbonyl (C=O) groups excluding carboxylic acids is 1. The predicted octanol–water partition coefficient (Wildman–Crippen LogP) is 2.53. The minimum absolute atomic E-state index is 0.136. The number of thioether (sulfide) groups is 1. The van der Waals surface area contributed by atoms with E-state index >= 15 is 0 Å². The molecular formula is C15H21NO3S. The molecule has 0 spiro atoms. The molecule has 0 fully saturated rings. The zero-order valence-corrected chi connectivity index (χ0v) is 12.8. The lowest BCUT2D eigenvalue weighted by Gasteiger charge is -2.20. The Bertz CT molecular complexity index is 448. The van der Waals surface area contributed by atoms with Crippen LogP contribution < -0.4 is 5.32 Å². The van der Waals surface area contributed by atoms with Crippen LogP contribution in [0.5, 0.6) is 0 Å². The van der Waals surface area contributed by atoms with Crippen LogP contribution in [0, 0.1) is 5.92 Å². The van der Waals surface area contributed by atoms with Gasteiger partial charge in [0.05, 0.1) is 5.25 Å². The Hall–Kier alpha value is -1.49. The number of carboxylic acid groups (broad SMARTS) is 1. The van der Waals surface area contributed by atoms with Crippen LogP contribution in [-0.4, -0.2) is 28.3 Å². The van der Waals surface area contributed by atoms with Crippen LogP contribution >= 0.6 is 11.8 Å². The fraction of sp³-hybridized carbons (Fsp3) is 0.467. The number of hydrogen-bond acceptors (Lipinski definition) is 3. The number of benzene rings is 1. The van der Waals surface area contributed by atoms with E-state index in [1.54, 1.807) is 20.8 Å². The predicted molar refractivity (Wildman–Crippen MR) is 81.6 cm³/mol. The molecule has 2 N–H and O–H groups in total. The highest BCUT2D eigenvalue weighted by Crippen LogP contribution is 2.18. The molecule has 0 bridgehead atoms. The van der Waals surface area contributed by atoms with E-state index in [-0.39, 0.29) is 17.1 Å². The summed E-state index contributed by atoms with van der Waals surface area (Å²) >= 11 is 1.50. The average Bonchev–Trinajstić information content (AvgIpc) is 2.42. The first kappa shape index (κ1) is 16.6.